The third kappa shape index (κ3) is 4.90. The minimum atomic E-state index is -0.0645. The van der Waals surface area contributed by atoms with Gasteiger partial charge in [0, 0.05) is 47.9 Å². The Morgan fingerprint density at radius 2 is 1.56 bits per heavy atom. The highest BCUT2D eigenvalue weighted by molar-refractivity contribution is 6.31. The summed E-state index contributed by atoms with van der Waals surface area (Å²) in [5, 5.41) is 1.28. The Hall–Kier alpha value is -2.30. The third-order valence-electron chi connectivity index (χ3n) is 4.58. The molecule has 1 heterocycles. The van der Waals surface area contributed by atoms with Crippen LogP contribution in [-0.4, -0.2) is 47.8 Å². The number of benzene rings is 2. The van der Waals surface area contributed by atoms with Crippen LogP contribution >= 0.6 is 23.2 Å². The summed E-state index contributed by atoms with van der Waals surface area (Å²) < 4.78 is 0. The van der Waals surface area contributed by atoms with Crippen LogP contribution in [-0.2, 0) is 4.79 Å². The van der Waals surface area contributed by atoms with Gasteiger partial charge in [0.1, 0.15) is 0 Å². The molecule has 0 N–H and O–H groups in total. The zero-order chi connectivity index (χ0) is 19.4. The molecule has 1 aliphatic heterocycles. The Bertz CT molecular complexity index is 870. The first-order chi connectivity index (χ1) is 12.9. The van der Waals surface area contributed by atoms with E-state index in [2.05, 4.69) is 0 Å². The van der Waals surface area contributed by atoms with Crippen LogP contribution in [0.2, 0.25) is 10.0 Å². The summed E-state index contributed by atoms with van der Waals surface area (Å²) >= 11 is 12.0. The summed E-state index contributed by atoms with van der Waals surface area (Å²) in [4.78, 5) is 28.4. The van der Waals surface area contributed by atoms with Crippen molar-refractivity contribution in [2.45, 2.75) is 6.92 Å². The lowest BCUT2D eigenvalue weighted by Crippen LogP contribution is -2.50. The highest BCUT2D eigenvalue weighted by Crippen LogP contribution is 2.18. The zero-order valence-electron chi connectivity index (χ0n) is 15.0. The standard InChI is InChI=1S/C21H20Cl2N2O2/c1-15-2-3-16(14-19(15)23)4-9-20(26)24-10-12-25(13-11-24)21(27)17-5-7-18(22)8-6-17/h2-9,14H,10-13H2,1H3/b9-4+. The van der Waals surface area contributed by atoms with E-state index in [-0.39, 0.29) is 11.8 Å². The van der Waals surface area contributed by atoms with Crippen LogP contribution in [0.25, 0.3) is 6.08 Å². The van der Waals surface area contributed by atoms with Crippen molar-refractivity contribution in [2.24, 2.45) is 0 Å². The molecule has 2 aromatic carbocycles. The number of carbonyl (C=O) groups is 2. The van der Waals surface area contributed by atoms with Crippen LogP contribution in [0.3, 0.4) is 0 Å². The molecule has 1 fully saturated rings. The molecule has 2 amide bonds. The van der Waals surface area contributed by atoms with Gasteiger partial charge in [-0.3, -0.25) is 9.59 Å². The Kier molecular flexibility index (Phi) is 6.19. The molecule has 4 nitrogen and oxygen atoms in total. The zero-order valence-corrected chi connectivity index (χ0v) is 16.5. The number of piperazine rings is 1. The van der Waals surface area contributed by atoms with Gasteiger partial charge in [0.25, 0.3) is 5.91 Å². The Morgan fingerprint density at radius 3 is 2.19 bits per heavy atom. The van der Waals surface area contributed by atoms with E-state index in [4.69, 9.17) is 23.2 Å². The molecule has 0 radical (unpaired) electrons. The maximum atomic E-state index is 12.5. The molecule has 0 aromatic heterocycles. The average Bonchev–Trinajstić information content (AvgIpc) is 2.69. The number of rotatable bonds is 3. The van der Waals surface area contributed by atoms with E-state index in [1.807, 2.05) is 25.1 Å². The van der Waals surface area contributed by atoms with Gasteiger partial charge in [0.05, 0.1) is 0 Å². The molecule has 0 saturated carbocycles. The molecule has 1 aliphatic rings. The lowest BCUT2D eigenvalue weighted by atomic mass is 10.1. The van der Waals surface area contributed by atoms with Crippen LogP contribution in [0.5, 0.6) is 0 Å². The van der Waals surface area contributed by atoms with Crippen LogP contribution in [0, 0.1) is 6.92 Å². The summed E-state index contributed by atoms with van der Waals surface area (Å²) in [6, 6.07) is 12.5. The first-order valence-corrected chi connectivity index (χ1v) is 9.47. The maximum Gasteiger partial charge on any atom is 0.253 e. The van der Waals surface area contributed by atoms with Crippen LogP contribution in [0.15, 0.2) is 48.5 Å². The molecule has 1 saturated heterocycles. The molecule has 27 heavy (non-hydrogen) atoms. The average molecular weight is 403 g/mol. The van der Waals surface area contributed by atoms with Crippen molar-refractivity contribution >= 4 is 41.1 Å². The maximum absolute atomic E-state index is 12.5. The second-order valence-corrected chi connectivity index (χ2v) is 7.31. The smallest absolute Gasteiger partial charge is 0.253 e. The van der Waals surface area contributed by atoms with Crippen molar-refractivity contribution in [3.05, 3.63) is 75.3 Å². The van der Waals surface area contributed by atoms with Crippen molar-refractivity contribution in [2.75, 3.05) is 26.2 Å². The van der Waals surface area contributed by atoms with Gasteiger partial charge in [0.2, 0.25) is 5.91 Å². The number of nitrogens with zero attached hydrogens (tertiary/aromatic N) is 2. The van der Waals surface area contributed by atoms with Gasteiger partial charge in [0.15, 0.2) is 0 Å². The molecule has 3 rings (SSSR count). The van der Waals surface area contributed by atoms with Crippen LogP contribution in [0.1, 0.15) is 21.5 Å². The molecular weight excluding hydrogens is 383 g/mol. The predicted molar refractivity (Wildman–Crippen MR) is 109 cm³/mol. The van der Waals surface area contributed by atoms with Crippen molar-refractivity contribution in [1.29, 1.82) is 0 Å². The largest absolute Gasteiger partial charge is 0.336 e. The third-order valence-corrected chi connectivity index (χ3v) is 5.24. The minimum absolute atomic E-state index is 0.0383. The number of hydrogen-bond donors (Lipinski definition) is 0. The van der Waals surface area contributed by atoms with E-state index in [1.54, 1.807) is 46.2 Å². The van der Waals surface area contributed by atoms with Gasteiger partial charge in [-0.25, -0.2) is 0 Å². The molecule has 2 aromatic rings. The van der Waals surface area contributed by atoms with Gasteiger partial charge in [-0.05, 0) is 54.5 Å². The van der Waals surface area contributed by atoms with Crippen molar-refractivity contribution in [3.8, 4) is 0 Å². The molecular formula is C21H20Cl2N2O2. The SMILES string of the molecule is Cc1ccc(/C=C/C(=O)N2CCN(C(=O)c3ccc(Cl)cc3)CC2)cc1Cl. The fraction of sp³-hybridized carbons (Fsp3) is 0.238. The van der Waals surface area contributed by atoms with Gasteiger partial charge >= 0.3 is 0 Å². The molecule has 0 aliphatic carbocycles. The van der Waals surface area contributed by atoms with E-state index >= 15 is 0 Å². The number of carbonyl (C=O) groups excluding carboxylic acids is 2. The topological polar surface area (TPSA) is 40.6 Å². The summed E-state index contributed by atoms with van der Waals surface area (Å²) in [7, 11) is 0. The molecule has 0 unspecified atom stereocenters. The van der Waals surface area contributed by atoms with Crippen molar-refractivity contribution in [3.63, 3.8) is 0 Å². The highest BCUT2D eigenvalue weighted by Gasteiger charge is 2.23. The summed E-state index contributed by atoms with van der Waals surface area (Å²) in [5.74, 6) is -0.103. The summed E-state index contributed by atoms with van der Waals surface area (Å²) in [5.41, 5.74) is 2.49. The quantitative estimate of drug-likeness (QED) is 0.717. The Balaban J connectivity index is 1.55. The lowest BCUT2D eigenvalue weighted by molar-refractivity contribution is -0.127. The first-order valence-electron chi connectivity index (χ1n) is 8.72. The van der Waals surface area contributed by atoms with E-state index < -0.39 is 0 Å². The fourth-order valence-corrected chi connectivity index (χ4v) is 3.21. The summed E-state index contributed by atoms with van der Waals surface area (Å²) in [6.45, 7) is 3.98. The molecule has 0 bridgehead atoms. The van der Waals surface area contributed by atoms with Gasteiger partial charge in [-0.2, -0.15) is 0 Å². The van der Waals surface area contributed by atoms with Crippen LogP contribution in [0.4, 0.5) is 0 Å². The normalized spacial score (nSPS) is 14.6. The molecule has 140 valence electrons. The molecule has 6 heteroatoms. The van der Waals surface area contributed by atoms with E-state index in [1.165, 1.54) is 0 Å². The number of aryl methyl sites for hydroxylation is 1. The first kappa shape index (κ1) is 19.5. The molecule has 0 spiro atoms. The number of amides is 2. The van der Waals surface area contributed by atoms with E-state index in [9.17, 15) is 9.59 Å². The van der Waals surface area contributed by atoms with Gasteiger partial charge in [-0.15, -0.1) is 0 Å². The van der Waals surface area contributed by atoms with Crippen LogP contribution < -0.4 is 0 Å². The predicted octanol–water partition coefficient (Wildman–Crippen LogP) is 4.30. The Labute approximate surface area is 169 Å². The number of halogens is 2. The summed E-state index contributed by atoms with van der Waals surface area (Å²) in [6.07, 6.45) is 3.32. The highest BCUT2D eigenvalue weighted by atomic mass is 35.5. The fourth-order valence-electron chi connectivity index (χ4n) is 2.89. The minimum Gasteiger partial charge on any atom is -0.336 e. The van der Waals surface area contributed by atoms with Crippen molar-refractivity contribution < 1.29 is 9.59 Å². The lowest BCUT2D eigenvalue weighted by Gasteiger charge is -2.34. The van der Waals surface area contributed by atoms with Crippen molar-refractivity contribution in [1.82, 2.24) is 9.80 Å². The molecule has 0 atom stereocenters. The van der Waals surface area contributed by atoms with Gasteiger partial charge < -0.3 is 9.80 Å². The second kappa shape index (κ2) is 8.59. The monoisotopic (exact) mass is 402 g/mol. The van der Waals surface area contributed by atoms with Gasteiger partial charge in [-0.1, -0.05) is 35.3 Å². The number of hydrogen-bond acceptors (Lipinski definition) is 2. The second-order valence-electron chi connectivity index (χ2n) is 6.47. The van der Waals surface area contributed by atoms with E-state index in [0.717, 1.165) is 11.1 Å². The van der Waals surface area contributed by atoms with E-state index in [0.29, 0.717) is 41.8 Å². The Morgan fingerprint density at radius 1 is 0.926 bits per heavy atom.